The minimum atomic E-state index is -0.940. The molecule has 0 aliphatic carbocycles. The van der Waals surface area contributed by atoms with Gasteiger partial charge in [0.15, 0.2) is 5.88 Å². The normalized spacial score (nSPS) is 10.8. The smallest absolute Gasteiger partial charge is 0.308 e. The van der Waals surface area contributed by atoms with E-state index >= 15 is 0 Å². The zero-order valence-electron chi connectivity index (χ0n) is 12.0. The Bertz CT molecular complexity index is 691. The molecule has 0 spiro atoms. The number of aromatic hydroxyl groups is 1. The monoisotopic (exact) mass is 273 g/mol. The van der Waals surface area contributed by atoms with E-state index in [0.29, 0.717) is 12.1 Å². The molecule has 0 unspecified atom stereocenters. The van der Waals surface area contributed by atoms with Crippen LogP contribution in [-0.2, 0) is 17.8 Å². The van der Waals surface area contributed by atoms with Crippen LogP contribution in [0.1, 0.15) is 25.0 Å². The van der Waals surface area contributed by atoms with Gasteiger partial charge in [0.05, 0.1) is 11.9 Å². The molecule has 0 fully saturated rings. The van der Waals surface area contributed by atoms with Gasteiger partial charge in [-0.3, -0.25) is 4.79 Å². The Hall–Kier alpha value is -2.23. The van der Waals surface area contributed by atoms with Gasteiger partial charge in [-0.05, 0) is 32.4 Å². The summed E-state index contributed by atoms with van der Waals surface area (Å²) in [6, 6.07) is 5.76. The highest BCUT2D eigenvalue weighted by Gasteiger charge is 2.19. The molecule has 4 nitrogen and oxygen atoms in total. The van der Waals surface area contributed by atoms with Crippen molar-refractivity contribution in [2.24, 2.45) is 0 Å². The minimum Gasteiger partial charge on any atom is -0.494 e. The Kier molecular flexibility index (Phi) is 3.84. The topological polar surface area (TPSA) is 62.5 Å². The lowest BCUT2D eigenvalue weighted by Gasteiger charge is -2.04. The van der Waals surface area contributed by atoms with E-state index in [-0.39, 0.29) is 12.3 Å². The van der Waals surface area contributed by atoms with Gasteiger partial charge >= 0.3 is 5.97 Å². The number of aromatic nitrogens is 1. The van der Waals surface area contributed by atoms with Gasteiger partial charge in [-0.15, -0.1) is 0 Å². The summed E-state index contributed by atoms with van der Waals surface area (Å²) in [7, 11) is 0. The largest absolute Gasteiger partial charge is 0.494 e. The molecule has 106 valence electrons. The molecular weight excluding hydrogens is 254 g/mol. The quantitative estimate of drug-likeness (QED) is 0.840. The standard InChI is InChI=1S/C16H19NO3/c1-10(2)7-8-17-13-6-4-5-11(3)15(13)12(16(17)20)9-14(18)19/h4-7,20H,8-9H2,1-3H3,(H,18,19). The predicted molar refractivity (Wildman–Crippen MR) is 79.1 cm³/mol. The van der Waals surface area contributed by atoms with E-state index in [0.717, 1.165) is 22.0 Å². The number of carboxylic acids is 1. The molecule has 20 heavy (non-hydrogen) atoms. The summed E-state index contributed by atoms with van der Waals surface area (Å²) in [4.78, 5) is 11.0. The number of benzene rings is 1. The third-order valence-electron chi connectivity index (χ3n) is 3.38. The Morgan fingerprint density at radius 3 is 2.65 bits per heavy atom. The van der Waals surface area contributed by atoms with Crippen LogP contribution in [0, 0.1) is 6.92 Å². The van der Waals surface area contributed by atoms with Crippen LogP contribution in [0.15, 0.2) is 29.8 Å². The molecule has 0 amide bonds. The van der Waals surface area contributed by atoms with Crippen molar-refractivity contribution in [3.8, 4) is 5.88 Å². The fourth-order valence-corrected chi connectivity index (χ4v) is 2.44. The molecule has 1 heterocycles. The van der Waals surface area contributed by atoms with Gasteiger partial charge in [0.1, 0.15) is 0 Å². The van der Waals surface area contributed by atoms with Crippen LogP contribution >= 0.6 is 0 Å². The van der Waals surface area contributed by atoms with Gasteiger partial charge in [0.2, 0.25) is 0 Å². The van der Waals surface area contributed by atoms with Crippen molar-refractivity contribution in [3.05, 3.63) is 41.0 Å². The molecule has 1 aromatic heterocycles. The van der Waals surface area contributed by atoms with Crippen LogP contribution in [0.3, 0.4) is 0 Å². The number of nitrogens with zero attached hydrogens (tertiary/aromatic N) is 1. The average molecular weight is 273 g/mol. The lowest BCUT2D eigenvalue weighted by Crippen LogP contribution is -2.00. The molecule has 0 radical (unpaired) electrons. The van der Waals surface area contributed by atoms with Gasteiger partial charge in [-0.25, -0.2) is 0 Å². The molecule has 0 aliphatic heterocycles. The first-order chi connectivity index (χ1) is 9.41. The second kappa shape index (κ2) is 5.41. The van der Waals surface area contributed by atoms with Gasteiger partial charge in [-0.1, -0.05) is 23.8 Å². The zero-order valence-corrected chi connectivity index (χ0v) is 12.0. The van der Waals surface area contributed by atoms with E-state index in [1.807, 2.05) is 45.0 Å². The van der Waals surface area contributed by atoms with E-state index in [2.05, 4.69) is 0 Å². The number of aryl methyl sites for hydroxylation is 1. The van der Waals surface area contributed by atoms with Crippen molar-refractivity contribution in [2.45, 2.75) is 33.7 Å². The number of hydrogen-bond donors (Lipinski definition) is 2. The van der Waals surface area contributed by atoms with Crippen molar-refractivity contribution < 1.29 is 15.0 Å². The van der Waals surface area contributed by atoms with Crippen LogP contribution in [0.25, 0.3) is 10.9 Å². The summed E-state index contributed by atoms with van der Waals surface area (Å²) in [6.07, 6.45) is 1.83. The summed E-state index contributed by atoms with van der Waals surface area (Å²) in [5.74, 6) is -0.890. The number of allylic oxidation sites excluding steroid dienone is 2. The van der Waals surface area contributed by atoms with E-state index in [1.54, 1.807) is 4.57 Å². The molecule has 2 rings (SSSR count). The second-order valence-corrected chi connectivity index (χ2v) is 5.23. The lowest BCUT2D eigenvalue weighted by molar-refractivity contribution is -0.136. The highest BCUT2D eigenvalue weighted by molar-refractivity contribution is 5.92. The molecule has 2 N–H and O–H groups in total. The minimum absolute atomic E-state index is 0.0502. The van der Waals surface area contributed by atoms with Gasteiger partial charge in [-0.2, -0.15) is 0 Å². The maximum Gasteiger partial charge on any atom is 0.308 e. The zero-order chi connectivity index (χ0) is 14.9. The Balaban J connectivity index is 2.69. The fourth-order valence-electron chi connectivity index (χ4n) is 2.44. The molecule has 0 saturated carbocycles. The maximum atomic E-state index is 11.0. The molecule has 0 saturated heterocycles. The first-order valence-corrected chi connectivity index (χ1v) is 6.56. The van der Waals surface area contributed by atoms with Gasteiger partial charge in [0, 0.05) is 17.5 Å². The number of carboxylic acid groups (broad SMARTS) is 1. The Morgan fingerprint density at radius 1 is 1.35 bits per heavy atom. The molecule has 1 aromatic carbocycles. The van der Waals surface area contributed by atoms with Crippen LogP contribution < -0.4 is 0 Å². The molecule has 4 heteroatoms. The number of rotatable bonds is 4. The number of hydrogen-bond acceptors (Lipinski definition) is 2. The average Bonchev–Trinajstić information content (AvgIpc) is 2.61. The van der Waals surface area contributed by atoms with Crippen molar-refractivity contribution >= 4 is 16.9 Å². The van der Waals surface area contributed by atoms with Crippen LogP contribution in [0.5, 0.6) is 5.88 Å². The molecule has 0 aliphatic rings. The van der Waals surface area contributed by atoms with Crippen LogP contribution in [-0.4, -0.2) is 20.7 Å². The third kappa shape index (κ3) is 2.54. The van der Waals surface area contributed by atoms with Gasteiger partial charge in [0.25, 0.3) is 0 Å². The molecule has 0 atom stereocenters. The van der Waals surface area contributed by atoms with Crippen molar-refractivity contribution in [3.63, 3.8) is 0 Å². The van der Waals surface area contributed by atoms with E-state index < -0.39 is 5.97 Å². The molecule has 2 aromatic rings. The Morgan fingerprint density at radius 2 is 2.05 bits per heavy atom. The highest BCUT2D eigenvalue weighted by Crippen LogP contribution is 2.34. The summed E-state index contributed by atoms with van der Waals surface area (Å²) >= 11 is 0. The summed E-state index contributed by atoms with van der Waals surface area (Å²) in [5, 5.41) is 20.2. The van der Waals surface area contributed by atoms with Crippen molar-refractivity contribution in [2.75, 3.05) is 0 Å². The van der Waals surface area contributed by atoms with Crippen LogP contribution in [0.2, 0.25) is 0 Å². The Labute approximate surface area is 118 Å². The third-order valence-corrected chi connectivity index (χ3v) is 3.38. The van der Waals surface area contributed by atoms with Crippen molar-refractivity contribution in [1.29, 1.82) is 0 Å². The lowest BCUT2D eigenvalue weighted by atomic mass is 10.1. The number of fused-ring (bicyclic) bond motifs is 1. The molecular formula is C16H19NO3. The number of carbonyl (C=O) groups is 1. The predicted octanol–water partition coefficient (Wildman–Crippen LogP) is 3.25. The number of aliphatic carboxylic acids is 1. The molecule has 0 bridgehead atoms. The van der Waals surface area contributed by atoms with E-state index in [4.69, 9.17) is 5.11 Å². The maximum absolute atomic E-state index is 11.0. The first-order valence-electron chi connectivity index (χ1n) is 6.56. The summed E-state index contributed by atoms with van der Waals surface area (Å²) in [6.45, 7) is 6.45. The second-order valence-electron chi connectivity index (χ2n) is 5.23. The van der Waals surface area contributed by atoms with E-state index in [9.17, 15) is 9.90 Å². The SMILES string of the molecule is CC(C)=CCn1c(O)c(CC(=O)O)c2c(C)cccc21. The van der Waals surface area contributed by atoms with Crippen LogP contribution in [0.4, 0.5) is 0 Å². The highest BCUT2D eigenvalue weighted by atomic mass is 16.4. The van der Waals surface area contributed by atoms with Crippen molar-refractivity contribution in [1.82, 2.24) is 4.57 Å². The van der Waals surface area contributed by atoms with E-state index in [1.165, 1.54) is 0 Å². The summed E-state index contributed by atoms with van der Waals surface area (Å²) < 4.78 is 1.76. The first kappa shape index (κ1) is 14.2. The van der Waals surface area contributed by atoms with Gasteiger partial charge < -0.3 is 14.8 Å². The fraction of sp³-hybridized carbons (Fsp3) is 0.312. The summed E-state index contributed by atoms with van der Waals surface area (Å²) in [5.41, 5.74) is 3.49.